The highest BCUT2D eigenvalue weighted by Gasteiger charge is 2.39. The second-order valence-electron chi connectivity index (χ2n) is 6.22. The van der Waals surface area contributed by atoms with Crippen LogP contribution in [0.15, 0.2) is 0 Å². The van der Waals surface area contributed by atoms with Crippen molar-refractivity contribution < 1.29 is 5.11 Å². The van der Waals surface area contributed by atoms with Gasteiger partial charge in [0.25, 0.3) is 0 Å². The molecule has 2 aliphatic carbocycles. The summed E-state index contributed by atoms with van der Waals surface area (Å²) in [5.74, 6) is 1.55. The summed E-state index contributed by atoms with van der Waals surface area (Å²) < 4.78 is 0. The van der Waals surface area contributed by atoms with Gasteiger partial charge in [0.1, 0.15) is 0 Å². The van der Waals surface area contributed by atoms with E-state index in [1.807, 2.05) is 0 Å². The van der Waals surface area contributed by atoms with E-state index in [-0.39, 0.29) is 0 Å². The molecule has 0 aliphatic heterocycles. The molecule has 0 heterocycles. The molecule has 3 unspecified atom stereocenters. The molecular formula is C15H30N2O. The Balaban J connectivity index is 1.98. The highest BCUT2D eigenvalue weighted by molar-refractivity contribution is 4.94. The topological polar surface area (TPSA) is 49.5 Å². The van der Waals surface area contributed by atoms with E-state index in [1.165, 1.54) is 44.9 Å². The number of nitrogens with zero attached hydrogens (tertiary/aromatic N) is 1. The van der Waals surface area contributed by atoms with Crippen LogP contribution in [0.2, 0.25) is 0 Å². The minimum Gasteiger partial charge on any atom is -0.395 e. The molecule has 0 amide bonds. The molecule has 2 fully saturated rings. The summed E-state index contributed by atoms with van der Waals surface area (Å²) in [6.45, 7) is 4.25. The third-order valence-corrected chi connectivity index (χ3v) is 4.86. The first-order valence-corrected chi connectivity index (χ1v) is 7.86. The predicted molar refractivity (Wildman–Crippen MR) is 75.4 cm³/mol. The summed E-state index contributed by atoms with van der Waals surface area (Å²) in [5.41, 5.74) is 5.98. The third-order valence-electron chi connectivity index (χ3n) is 4.86. The van der Waals surface area contributed by atoms with Gasteiger partial charge >= 0.3 is 0 Å². The minimum absolute atomic E-state index is 0.294. The fraction of sp³-hybridized carbons (Fsp3) is 1.00. The Morgan fingerprint density at radius 3 is 2.56 bits per heavy atom. The molecule has 0 aromatic heterocycles. The van der Waals surface area contributed by atoms with Gasteiger partial charge in [0.2, 0.25) is 0 Å². The van der Waals surface area contributed by atoms with Crippen molar-refractivity contribution in [2.45, 2.75) is 64.0 Å². The molecule has 0 aromatic rings. The second-order valence-corrected chi connectivity index (χ2v) is 6.22. The molecular weight excluding hydrogens is 224 g/mol. The molecule has 0 spiro atoms. The maximum absolute atomic E-state index is 9.30. The van der Waals surface area contributed by atoms with Crippen LogP contribution in [0.4, 0.5) is 0 Å². The van der Waals surface area contributed by atoms with E-state index in [1.54, 1.807) is 0 Å². The van der Waals surface area contributed by atoms with Crippen molar-refractivity contribution in [1.82, 2.24) is 4.90 Å². The first-order chi connectivity index (χ1) is 8.80. The molecule has 0 saturated heterocycles. The lowest BCUT2D eigenvalue weighted by molar-refractivity contribution is 0.0578. The molecule has 0 bridgehead atoms. The average Bonchev–Trinajstić information content (AvgIpc) is 3.20. The number of rotatable bonds is 7. The van der Waals surface area contributed by atoms with Crippen LogP contribution in [-0.4, -0.2) is 41.8 Å². The van der Waals surface area contributed by atoms with Gasteiger partial charge in [-0.3, -0.25) is 4.90 Å². The lowest BCUT2D eigenvalue weighted by Gasteiger charge is -2.42. The first kappa shape index (κ1) is 14.3. The van der Waals surface area contributed by atoms with Crippen molar-refractivity contribution >= 4 is 0 Å². The smallest absolute Gasteiger partial charge is 0.0558 e. The Labute approximate surface area is 112 Å². The molecule has 2 saturated carbocycles. The Kier molecular flexibility index (Phi) is 5.46. The Bertz CT molecular complexity index is 243. The van der Waals surface area contributed by atoms with E-state index < -0.39 is 0 Å². The van der Waals surface area contributed by atoms with Gasteiger partial charge in [0.05, 0.1) is 6.61 Å². The van der Waals surface area contributed by atoms with Crippen molar-refractivity contribution in [1.29, 1.82) is 0 Å². The molecule has 18 heavy (non-hydrogen) atoms. The average molecular weight is 254 g/mol. The summed E-state index contributed by atoms with van der Waals surface area (Å²) in [4.78, 5) is 2.58. The van der Waals surface area contributed by atoms with Gasteiger partial charge in [-0.2, -0.15) is 0 Å². The van der Waals surface area contributed by atoms with Gasteiger partial charge in [-0.05, 0) is 44.1 Å². The summed E-state index contributed by atoms with van der Waals surface area (Å²) >= 11 is 0. The van der Waals surface area contributed by atoms with Crippen LogP contribution in [0.5, 0.6) is 0 Å². The number of aliphatic hydroxyl groups is 1. The van der Waals surface area contributed by atoms with Crippen LogP contribution in [0.3, 0.4) is 0 Å². The van der Waals surface area contributed by atoms with E-state index >= 15 is 0 Å². The zero-order chi connectivity index (χ0) is 13.0. The van der Waals surface area contributed by atoms with Crippen LogP contribution in [-0.2, 0) is 0 Å². The van der Waals surface area contributed by atoms with E-state index in [0.29, 0.717) is 18.6 Å². The van der Waals surface area contributed by atoms with Crippen LogP contribution in [0.1, 0.15) is 51.9 Å². The molecule has 0 radical (unpaired) electrons. The van der Waals surface area contributed by atoms with Gasteiger partial charge < -0.3 is 10.8 Å². The Morgan fingerprint density at radius 1 is 1.22 bits per heavy atom. The summed E-state index contributed by atoms with van der Waals surface area (Å²) in [6, 6.07) is 1.39. The standard InChI is InChI=1S/C15H30N2O/c1-2-3-12-4-5-13(11-16)15(10-12)17(8-9-18)14-6-7-14/h12-15,18H,2-11,16H2,1H3. The normalized spacial score (nSPS) is 33.0. The fourth-order valence-corrected chi connectivity index (χ4v) is 3.79. The highest BCUT2D eigenvalue weighted by Crippen LogP contribution is 2.39. The molecule has 106 valence electrons. The first-order valence-electron chi connectivity index (χ1n) is 7.86. The van der Waals surface area contributed by atoms with Crippen molar-refractivity contribution in [3.63, 3.8) is 0 Å². The zero-order valence-electron chi connectivity index (χ0n) is 11.9. The molecule has 2 rings (SSSR count). The van der Waals surface area contributed by atoms with Crippen molar-refractivity contribution in [3.8, 4) is 0 Å². The number of nitrogens with two attached hydrogens (primary N) is 1. The van der Waals surface area contributed by atoms with E-state index in [4.69, 9.17) is 5.73 Å². The van der Waals surface area contributed by atoms with E-state index in [9.17, 15) is 5.11 Å². The lowest BCUT2D eigenvalue weighted by atomic mass is 9.76. The van der Waals surface area contributed by atoms with Crippen LogP contribution in [0, 0.1) is 11.8 Å². The van der Waals surface area contributed by atoms with E-state index in [2.05, 4.69) is 11.8 Å². The monoisotopic (exact) mass is 254 g/mol. The number of hydrogen-bond acceptors (Lipinski definition) is 3. The van der Waals surface area contributed by atoms with Crippen molar-refractivity contribution in [3.05, 3.63) is 0 Å². The maximum Gasteiger partial charge on any atom is 0.0558 e. The van der Waals surface area contributed by atoms with Gasteiger partial charge in [-0.1, -0.05) is 26.2 Å². The lowest BCUT2D eigenvalue weighted by Crippen LogP contribution is -2.49. The largest absolute Gasteiger partial charge is 0.395 e. The quantitative estimate of drug-likeness (QED) is 0.730. The SMILES string of the molecule is CCCC1CCC(CN)C(N(CCO)C2CC2)C1. The van der Waals surface area contributed by atoms with Gasteiger partial charge in [0.15, 0.2) is 0 Å². The van der Waals surface area contributed by atoms with Crippen LogP contribution < -0.4 is 5.73 Å². The third kappa shape index (κ3) is 3.46. The molecule has 3 heteroatoms. The van der Waals surface area contributed by atoms with Crippen molar-refractivity contribution in [2.75, 3.05) is 19.7 Å². The van der Waals surface area contributed by atoms with Crippen molar-refractivity contribution in [2.24, 2.45) is 17.6 Å². The zero-order valence-corrected chi connectivity index (χ0v) is 11.9. The van der Waals surface area contributed by atoms with Gasteiger partial charge in [0, 0.05) is 18.6 Å². The maximum atomic E-state index is 9.30. The highest BCUT2D eigenvalue weighted by atomic mass is 16.3. The van der Waals surface area contributed by atoms with Gasteiger partial charge in [-0.15, -0.1) is 0 Å². The van der Waals surface area contributed by atoms with Crippen LogP contribution >= 0.6 is 0 Å². The molecule has 3 nitrogen and oxygen atoms in total. The second kappa shape index (κ2) is 6.88. The molecule has 3 atom stereocenters. The number of hydrogen-bond donors (Lipinski definition) is 2. The fourth-order valence-electron chi connectivity index (χ4n) is 3.79. The summed E-state index contributed by atoms with van der Waals surface area (Å²) in [6.07, 6.45) is 9.29. The Hall–Kier alpha value is -0.120. The predicted octanol–water partition coefficient (Wildman–Crippen LogP) is 1.99. The summed E-state index contributed by atoms with van der Waals surface area (Å²) in [5, 5.41) is 9.30. The van der Waals surface area contributed by atoms with Gasteiger partial charge in [-0.25, -0.2) is 0 Å². The Morgan fingerprint density at radius 2 is 2.00 bits per heavy atom. The molecule has 3 N–H and O–H groups in total. The van der Waals surface area contributed by atoms with E-state index in [0.717, 1.165) is 25.0 Å². The summed E-state index contributed by atoms with van der Waals surface area (Å²) in [7, 11) is 0. The molecule has 0 aromatic carbocycles. The minimum atomic E-state index is 0.294. The number of aliphatic hydroxyl groups excluding tert-OH is 1. The van der Waals surface area contributed by atoms with Crippen LogP contribution in [0.25, 0.3) is 0 Å². The molecule has 2 aliphatic rings.